The van der Waals surface area contributed by atoms with E-state index < -0.39 is 17.4 Å². The van der Waals surface area contributed by atoms with Crippen LogP contribution in [0.5, 0.6) is 0 Å². The smallest absolute Gasteiger partial charge is 0.244 e. The van der Waals surface area contributed by atoms with Gasteiger partial charge in [-0.25, -0.2) is 9.48 Å². The Labute approximate surface area is 171 Å². The molecule has 0 bridgehead atoms. The highest BCUT2D eigenvalue weighted by atomic mass is 35.5. The standard InChI is InChI=1S/C19H11Cl2F3N4O/c20-14-7-3-12(4-8-14)15-9-25-28-17(16(15)21)26-27(18(28)29)10-11-1-5-13(6-2-11)19(22,23)24/h1-9H,10H2. The number of halogens is 5. The molecule has 0 radical (unpaired) electrons. The Kier molecular flexibility index (Phi) is 4.84. The van der Waals surface area contributed by atoms with Crippen LogP contribution < -0.4 is 5.69 Å². The van der Waals surface area contributed by atoms with Crippen molar-refractivity contribution >= 4 is 28.8 Å². The summed E-state index contributed by atoms with van der Waals surface area (Å²) < 4.78 is 40.2. The van der Waals surface area contributed by atoms with Crippen molar-refractivity contribution in [1.29, 1.82) is 0 Å². The van der Waals surface area contributed by atoms with Crippen molar-refractivity contribution in [3.63, 3.8) is 0 Å². The minimum atomic E-state index is -4.42. The van der Waals surface area contributed by atoms with Crippen LogP contribution in [-0.4, -0.2) is 19.4 Å². The zero-order chi connectivity index (χ0) is 20.8. The van der Waals surface area contributed by atoms with Crippen LogP contribution in [0.4, 0.5) is 13.2 Å². The lowest BCUT2D eigenvalue weighted by atomic mass is 10.1. The highest BCUT2D eigenvalue weighted by molar-refractivity contribution is 6.36. The average Bonchev–Trinajstić information content (AvgIpc) is 2.99. The van der Waals surface area contributed by atoms with Gasteiger partial charge in [-0.2, -0.15) is 22.8 Å². The van der Waals surface area contributed by atoms with Gasteiger partial charge in [0.2, 0.25) is 0 Å². The first kappa shape index (κ1) is 19.5. The minimum absolute atomic E-state index is 0.0209. The van der Waals surface area contributed by atoms with Crippen molar-refractivity contribution in [2.45, 2.75) is 12.7 Å². The van der Waals surface area contributed by atoms with Gasteiger partial charge in [-0.15, -0.1) is 5.10 Å². The first-order valence-corrected chi connectivity index (χ1v) is 9.06. The zero-order valence-electron chi connectivity index (χ0n) is 14.5. The molecule has 0 aliphatic carbocycles. The van der Waals surface area contributed by atoms with Crippen LogP contribution >= 0.6 is 23.2 Å². The first-order valence-electron chi connectivity index (χ1n) is 8.30. The fourth-order valence-electron chi connectivity index (χ4n) is 2.84. The van der Waals surface area contributed by atoms with Gasteiger partial charge in [0.15, 0.2) is 5.65 Å². The van der Waals surface area contributed by atoms with E-state index >= 15 is 0 Å². The predicted molar refractivity (Wildman–Crippen MR) is 103 cm³/mol. The molecule has 2 heterocycles. The Balaban J connectivity index is 1.71. The molecule has 0 fully saturated rings. The van der Waals surface area contributed by atoms with E-state index in [0.29, 0.717) is 16.1 Å². The van der Waals surface area contributed by atoms with Crippen LogP contribution in [0.15, 0.2) is 59.5 Å². The van der Waals surface area contributed by atoms with Crippen molar-refractivity contribution in [2.75, 3.05) is 0 Å². The van der Waals surface area contributed by atoms with Gasteiger partial charge >= 0.3 is 11.9 Å². The van der Waals surface area contributed by atoms with Gasteiger partial charge in [0.25, 0.3) is 0 Å². The minimum Gasteiger partial charge on any atom is -0.244 e. The summed E-state index contributed by atoms with van der Waals surface area (Å²) in [6.45, 7) is -0.0209. The molecule has 29 heavy (non-hydrogen) atoms. The topological polar surface area (TPSA) is 52.2 Å². The number of benzene rings is 2. The molecule has 0 spiro atoms. The number of rotatable bonds is 3. The van der Waals surface area contributed by atoms with Crippen molar-refractivity contribution in [1.82, 2.24) is 19.4 Å². The van der Waals surface area contributed by atoms with Gasteiger partial charge in [0.1, 0.15) is 0 Å². The fourth-order valence-corrected chi connectivity index (χ4v) is 3.24. The van der Waals surface area contributed by atoms with E-state index in [2.05, 4.69) is 10.2 Å². The molecule has 0 aliphatic heterocycles. The molecule has 4 aromatic rings. The maximum absolute atomic E-state index is 12.7. The first-order chi connectivity index (χ1) is 13.7. The van der Waals surface area contributed by atoms with Crippen LogP contribution in [0.25, 0.3) is 16.8 Å². The second-order valence-electron chi connectivity index (χ2n) is 6.25. The summed E-state index contributed by atoms with van der Waals surface area (Å²) in [5.41, 5.74) is 0.639. The third-order valence-electron chi connectivity index (χ3n) is 4.32. The molecular formula is C19H11Cl2F3N4O. The molecule has 0 unspecified atom stereocenters. The largest absolute Gasteiger partial charge is 0.416 e. The van der Waals surface area contributed by atoms with Gasteiger partial charge in [0.05, 0.1) is 23.3 Å². The number of fused-ring (bicyclic) bond motifs is 1. The molecule has 0 amide bonds. The van der Waals surface area contributed by atoms with Gasteiger partial charge in [0, 0.05) is 10.6 Å². The second kappa shape index (κ2) is 7.20. The summed E-state index contributed by atoms with van der Waals surface area (Å²) in [7, 11) is 0. The molecule has 0 aliphatic rings. The normalized spacial score (nSPS) is 11.9. The van der Waals surface area contributed by atoms with Crippen molar-refractivity contribution < 1.29 is 13.2 Å². The van der Waals surface area contributed by atoms with Crippen LogP contribution in [0.1, 0.15) is 11.1 Å². The van der Waals surface area contributed by atoms with Gasteiger partial charge in [-0.1, -0.05) is 47.5 Å². The van der Waals surface area contributed by atoms with Gasteiger partial charge in [-0.05, 0) is 35.4 Å². The summed E-state index contributed by atoms with van der Waals surface area (Å²) in [6.07, 6.45) is -2.97. The summed E-state index contributed by atoms with van der Waals surface area (Å²) in [4.78, 5) is 12.5. The summed E-state index contributed by atoms with van der Waals surface area (Å²) in [6, 6.07) is 11.4. The third-order valence-corrected chi connectivity index (χ3v) is 4.95. The Morgan fingerprint density at radius 2 is 1.62 bits per heavy atom. The molecule has 4 rings (SSSR count). The van der Waals surface area contributed by atoms with Crippen LogP contribution in [-0.2, 0) is 12.7 Å². The lowest BCUT2D eigenvalue weighted by Crippen LogP contribution is -2.23. The SMILES string of the molecule is O=c1n(Cc2ccc(C(F)(F)F)cc2)nc2c(Cl)c(-c3ccc(Cl)cc3)cnn12. The van der Waals surface area contributed by atoms with E-state index in [4.69, 9.17) is 23.2 Å². The predicted octanol–water partition coefficient (Wildman–Crippen LogP) is 4.93. The maximum Gasteiger partial charge on any atom is 0.416 e. The van der Waals surface area contributed by atoms with Crippen molar-refractivity contribution in [2.24, 2.45) is 0 Å². The van der Waals surface area contributed by atoms with Crippen LogP contribution in [0.2, 0.25) is 10.0 Å². The molecule has 2 aromatic heterocycles. The lowest BCUT2D eigenvalue weighted by molar-refractivity contribution is -0.137. The Morgan fingerprint density at radius 3 is 2.24 bits per heavy atom. The van der Waals surface area contributed by atoms with Crippen LogP contribution in [0.3, 0.4) is 0 Å². The third kappa shape index (κ3) is 3.73. The van der Waals surface area contributed by atoms with Gasteiger partial charge in [-0.3, -0.25) is 0 Å². The molecule has 0 N–H and O–H groups in total. The molecule has 0 saturated heterocycles. The van der Waals surface area contributed by atoms with E-state index in [1.807, 2.05) is 0 Å². The summed E-state index contributed by atoms with van der Waals surface area (Å²) >= 11 is 12.3. The number of aromatic nitrogens is 4. The lowest BCUT2D eigenvalue weighted by Gasteiger charge is -2.07. The van der Waals surface area contributed by atoms with Crippen molar-refractivity contribution in [3.05, 3.63) is 86.4 Å². The van der Waals surface area contributed by atoms with E-state index in [-0.39, 0.29) is 17.2 Å². The quantitative estimate of drug-likeness (QED) is 0.455. The monoisotopic (exact) mass is 438 g/mol. The zero-order valence-corrected chi connectivity index (χ0v) is 16.0. The number of hydrogen-bond acceptors (Lipinski definition) is 3. The van der Waals surface area contributed by atoms with E-state index in [9.17, 15) is 18.0 Å². The molecule has 5 nitrogen and oxygen atoms in total. The average molecular weight is 439 g/mol. The van der Waals surface area contributed by atoms with Gasteiger partial charge < -0.3 is 0 Å². The molecule has 148 valence electrons. The van der Waals surface area contributed by atoms with E-state index in [1.54, 1.807) is 24.3 Å². The fraction of sp³-hybridized carbons (Fsp3) is 0.105. The molecule has 2 aromatic carbocycles. The Hall–Kier alpha value is -2.84. The maximum atomic E-state index is 12.7. The van der Waals surface area contributed by atoms with Crippen LogP contribution in [0, 0.1) is 0 Å². The molecule has 0 saturated carbocycles. The summed E-state index contributed by atoms with van der Waals surface area (Å²) in [5.74, 6) is 0. The highest BCUT2D eigenvalue weighted by Gasteiger charge is 2.30. The van der Waals surface area contributed by atoms with E-state index in [0.717, 1.165) is 26.9 Å². The van der Waals surface area contributed by atoms with E-state index in [1.165, 1.54) is 18.3 Å². The number of hydrogen-bond donors (Lipinski definition) is 0. The van der Waals surface area contributed by atoms with Crippen molar-refractivity contribution in [3.8, 4) is 11.1 Å². The summed E-state index contributed by atoms with van der Waals surface area (Å²) in [5, 5.41) is 9.10. The number of nitrogens with zero attached hydrogens (tertiary/aromatic N) is 4. The second-order valence-corrected chi connectivity index (χ2v) is 7.06. The highest BCUT2D eigenvalue weighted by Crippen LogP contribution is 2.30. The Morgan fingerprint density at radius 1 is 0.966 bits per heavy atom. The Bertz CT molecular complexity index is 1250. The number of alkyl halides is 3. The molecular weight excluding hydrogens is 428 g/mol. The molecule has 10 heteroatoms. The molecule has 0 atom stereocenters.